The summed E-state index contributed by atoms with van der Waals surface area (Å²) >= 11 is 0. The highest BCUT2D eigenvalue weighted by Gasteiger charge is 2.08. The Labute approximate surface area is 127 Å². The summed E-state index contributed by atoms with van der Waals surface area (Å²) in [5.41, 5.74) is 0. The number of hydrogen-bond donors (Lipinski definition) is 2. The highest BCUT2D eigenvalue weighted by molar-refractivity contribution is 5.77. The molecule has 0 spiro atoms. The SMILES string of the molecule is O=C(C[N+](=O)[O-])NCCCCCCCCNC(=O)C[N+](=O)[O-]. The fraction of sp³-hybridized carbons (Fsp3) is 0.833. The van der Waals surface area contributed by atoms with Crippen molar-refractivity contribution < 1.29 is 19.4 Å². The maximum atomic E-state index is 11.0. The summed E-state index contributed by atoms with van der Waals surface area (Å²) in [6.45, 7) is -0.516. The molecule has 10 nitrogen and oxygen atoms in total. The fourth-order valence-corrected chi connectivity index (χ4v) is 1.76. The molecule has 0 unspecified atom stereocenters. The van der Waals surface area contributed by atoms with E-state index in [-0.39, 0.29) is 0 Å². The van der Waals surface area contributed by atoms with Crippen LogP contribution in [-0.4, -0.2) is 47.8 Å². The van der Waals surface area contributed by atoms with Gasteiger partial charge < -0.3 is 10.6 Å². The minimum Gasteiger partial charge on any atom is -0.350 e. The third-order valence-electron chi connectivity index (χ3n) is 2.79. The second kappa shape index (κ2) is 12.5. The van der Waals surface area contributed by atoms with Crippen LogP contribution in [0.1, 0.15) is 38.5 Å². The minimum atomic E-state index is -0.692. The molecule has 0 saturated carbocycles. The van der Waals surface area contributed by atoms with Gasteiger partial charge in [-0.1, -0.05) is 25.7 Å². The average Bonchev–Trinajstić information content (AvgIpc) is 2.39. The Morgan fingerprint density at radius 1 is 0.682 bits per heavy atom. The summed E-state index contributed by atoms with van der Waals surface area (Å²) < 4.78 is 0. The van der Waals surface area contributed by atoms with E-state index in [1.165, 1.54) is 0 Å². The molecule has 0 radical (unpaired) electrons. The Hall–Kier alpha value is -2.26. The lowest BCUT2D eigenvalue weighted by molar-refractivity contribution is -0.467. The molecule has 0 aromatic heterocycles. The average molecular weight is 318 g/mol. The van der Waals surface area contributed by atoms with Gasteiger partial charge in [-0.05, 0) is 12.8 Å². The highest BCUT2D eigenvalue weighted by atomic mass is 16.6. The second-order valence-corrected chi connectivity index (χ2v) is 4.80. The minimum absolute atomic E-state index is 0.434. The smallest absolute Gasteiger partial charge is 0.291 e. The summed E-state index contributed by atoms with van der Waals surface area (Å²) in [6.07, 6.45) is 5.28. The Balaban J connectivity index is 3.27. The number of nitrogens with zero attached hydrogens (tertiary/aromatic N) is 2. The van der Waals surface area contributed by atoms with Crippen LogP contribution >= 0.6 is 0 Å². The van der Waals surface area contributed by atoms with Crippen molar-refractivity contribution in [3.8, 4) is 0 Å². The lowest BCUT2D eigenvalue weighted by Gasteiger charge is -2.04. The molecule has 0 aromatic carbocycles. The molecular weight excluding hydrogens is 296 g/mol. The van der Waals surface area contributed by atoms with E-state index in [4.69, 9.17) is 0 Å². The summed E-state index contributed by atoms with van der Waals surface area (Å²) in [4.78, 5) is 40.7. The van der Waals surface area contributed by atoms with Crippen molar-refractivity contribution >= 4 is 11.8 Å². The maximum absolute atomic E-state index is 11.0. The quantitative estimate of drug-likeness (QED) is 0.280. The van der Waals surface area contributed by atoms with Crippen LogP contribution in [0, 0.1) is 20.2 Å². The zero-order valence-corrected chi connectivity index (χ0v) is 12.4. The number of nitrogens with one attached hydrogen (secondary N) is 2. The van der Waals surface area contributed by atoms with Gasteiger partial charge in [0.15, 0.2) is 0 Å². The highest BCUT2D eigenvalue weighted by Crippen LogP contribution is 2.04. The first-order valence-electron chi connectivity index (χ1n) is 7.19. The van der Waals surface area contributed by atoms with E-state index in [0.717, 1.165) is 38.5 Å². The van der Waals surface area contributed by atoms with Gasteiger partial charge in [0, 0.05) is 22.9 Å². The van der Waals surface area contributed by atoms with Gasteiger partial charge in [-0.15, -0.1) is 0 Å². The van der Waals surface area contributed by atoms with Gasteiger partial charge >= 0.3 is 0 Å². The molecule has 126 valence electrons. The third kappa shape index (κ3) is 14.2. The van der Waals surface area contributed by atoms with Crippen molar-refractivity contribution in [2.45, 2.75) is 38.5 Å². The molecule has 0 aliphatic carbocycles. The van der Waals surface area contributed by atoms with Gasteiger partial charge in [0.1, 0.15) is 0 Å². The van der Waals surface area contributed by atoms with E-state index in [1.807, 2.05) is 0 Å². The van der Waals surface area contributed by atoms with E-state index >= 15 is 0 Å². The van der Waals surface area contributed by atoms with Crippen molar-refractivity contribution in [2.75, 3.05) is 26.2 Å². The summed E-state index contributed by atoms with van der Waals surface area (Å²) in [5.74, 6) is -1.15. The predicted molar refractivity (Wildman–Crippen MR) is 77.4 cm³/mol. The number of rotatable bonds is 13. The summed E-state index contributed by atoms with van der Waals surface area (Å²) in [6, 6.07) is 0. The van der Waals surface area contributed by atoms with Gasteiger partial charge in [0.2, 0.25) is 0 Å². The van der Waals surface area contributed by atoms with Crippen molar-refractivity contribution in [3.05, 3.63) is 20.2 Å². The zero-order valence-electron chi connectivity index (χ0n) is 12.4. The van der Waals surface area contributed by atoms with Gasteiger partial charge in [0.05, 0.1) is 0 Å². The van der Waals surface area contributed by atoms with Crippen molar-refractivity contribution in [2.24, 2.45) is 0 Å². The van der Waals surface area contributed by atoms with Crippen LogP contribution in [0.3, 0.4) is 0 Å². The molecule has 0 fully saturated rings. The summed E-state index contributed by atoms with van der Waals surface area (Å²) in [5, 5.41) is 25.0. The molecule has 0 aliphatic heterocycles. The Kier molecular flexibility index (Phi) is 11.2. The van der Waals surface area contributed by atoms with E-state index in [0.29, 0.717) is 13.1 Å². The first kappa shape index (κ1) is 19.7. The normalized spacial score (nSPS) is 10.0. The number of nitro groups is 2. The van der Waals surface area contributed by atoms with E-state index < -0.39 is 34.8 Å². The van der Waals surface area contributed by atoms with Gasteiger partial charge in [-0.2, -0.15) is 0 Å². The van der Waals surface area contributed by atoms with E-state index in [1.54, 1.807) is 0 Å². The van der Waals surface area contributed by atoms with Gasteiger partial charge in [-0.3, -0.25) is 29.8 Å². The molecule has 0 rings (SSSR count). The van der Waals surface area contributed by atoms with Crippen LogP contribution in [0.15, 0.2) is 0 Å². The van der Waals surface area contributed by atoms with Crippen molar-refractivity contribution in [3.63, 3.8) is 0 Å². The number of carbonyl (C=O) groups is 2. The fourth-order valence-electron chi connectivity index (χ4n) is 1.76. The molecule has 0 aromatic rings. The summed E-state index contributed by atoms with van der Waals surface area (Å²) in [7, 11) is 0. The second-order valence-electron chi connectivity index (χ2n) is 4.80. The molecule has 22 heavy (non-hydrogen) atoms. The van der Waals surface area contributed by atoms with Crippen LogP contribution in [-0.2, 0) is 9.59 Å². The molecule has 2 N–H and O–H groups in total. The van der Waals surface area contributed by atoms with E-state index in [9.17, 15) is 29.8 Å². The molecule has 0 saturated heterocycles. The van der Waals surface area contributed by atoms with Crippen LogP contribution in [0.5, 0.6) is 0 Å². The van der Waals surface area contributed by atoms with Crippen molar-refractivity contribution in [1.29, 1.82) is 0 Å². The topological polar surface area (TPSA) is 144 Å². The zero-order chi connectivity index (χ0) is 16.8. The Morgan fingerprint density at radius 3 is 1.32 bits per heavy atom. The van der Waals surface area contributed by atoms with Gasteiger partial charge in [-0.25, -0.2) is 0 Å². The molecule has 2 amide bonds. The van der Waals surface area contributed by atoms with Crippen molar-refractivity contribution in [1.82, 2.24) is 10.6 Å². The number of amides is 2. The van der Waals surface area contributed by atoms with Crippen LogP contribution in [0.25, 0.3) is 0 Å². The van der Waals surface area contributed by atoms with Crippen LogP contribution in [0.2, 0.25) is 0 Å². The first-order valence-corrected chi connectivity index (χ1v) is 7.19. The third-order valence-corrected chi connectivity index (χ3v) is 2.79. The molecule has 0 heterocycles. The standard InChI is InChI=1S/C12H22N4O6/c17-11(9-15(19)20)13-7-5-3-1-2-4-6-8-14-12(18)10-16(21)22/h1-10H2,(H,13,17)(H,14,18). The molecule has 0 aliphatic rings. The first-order chi connectivity index (χ1) is 10.4. The lowest BCUT2D eigenvalue weighted by atomic mass is 10.1. The predicted octanol–water partition coefficient (Wildman–Crippen LogP) is 0.113. The Bertz CT molecular complexity index is 352. The Morgan fingerprint density at radius 2 is 1.00 bits per heavy atom. The molecular formula is C12H22N4O6. The van der Waals surface area contributed by atoms with Crippen LogP contribution in [0.4, 0.5) is 0 Å². The number of hydrogen-bond acceptors (Lipinski definition) is 6. The van der Waals surface area contributed by atoms with Gasteiger partial charge in [0.25, 0.3) is 24.9 Å². The monoisotopic (exact) mass is 318 g/mol. The molecule has 0 bridgehead atoms. The van der Waals surface area contributed by atoms with E-state index in [2.05, 4.69) is 10.6 Å². The lowest BCUT2D eigenvalue weighted by Crippen LogP contribution is -2.30. The van der Waals surface area contributed by atoms with Crippen LogP contribution < -0.4 is 10.6 Å². The molecule has 10 heteroatoms. The largest absolute Gasteiger partial charge is 0.350 e. The molecule has 0 atom stereocenters. The number of unbranched alkanes of at least 4 members (excludes halogenated alkanes) is 5. The maximum Gasteiger partial charge on any atom is 0.291 e. The number of carbonyl (C=O) groups excluding carboxylic acids is 2.